The van der Waals surface area contributed by atoms with Gasteiger partial charge in [-0.15, -0.1) is 0 Å². The molecule has 0 aliphatic carbocycles. The second kappa shape index (κ2) is 3.75. The van der Waals surface area contributed by atoms with Crippen LogP contribution in [-0.4, -0.2) is 15.1 Å². The summed E-state index contributed by atoms with van der Waals surface area (Å²) >= 11 is 5.76. The topological polar surface area (TPSA) is 59.2 Å². The number of nitrogens with zero attached hydrogens (tertiary/aromatic N) is 2. The fourth-order valence-electron chi connectivity index (χ4n) is 1.57. The average molecular weight is 247 g/mol. The van der Waals surface area contributed by atoms with Gasteiger partial charge in [0.1, 0.15) is 5.75 Å². The van der Waals surface area contributed by atoms with Gasteiger partial charge in [0.15, 0.2) is 11.2 Å². The average Bonchev–Trinajstić information content (AvgIpc) is 2.72. The van der Waals surface area contributed by atoms with Crippen LogP contribution in [0.2, 0.25) is 5.02 Å². The molecule has 0 amide bonds. The molecule has 0 atom stereocenters. The molecule has 2 heterocycles. The van der Waals surface area contributed by atoms with Crippen molar-refractivity contribution in [3.63, 3.8) is 0 Å². The van der Waals surface area contributed by atoms with Crippen molar-refractivity contribution in [3.8, 4) is 17.2 Å². The van der Waals surface area contributed by atoms with E-state index in [2.05, 4.69) is 9.97 Å². The molecular weight excluding hydrogens is 240 g/mol. The summed E-state index contributed by atoms with van der Waals surface area (Å²) in [6.45, 7) is 0. The Bertz CT molecular complexity index is 661. The predicted molar refractivity (Wildman–Crippen MR) is 63.9 cm³/mol. The van der Waals surface area contributed by atoms with E-state index in [0.717, 1.165) is 0 Å². The molecule has 0 radical (unpaired) electrons. The zero-order valence-electron chi connectivity index (χ0n) is 8.59. The third kappa shape index (κ3) is 1.72. The molecule has 0 spiro atoms. The Morgan fingerprint density at radius 2 is 2.12 bits per heavy atom. The molecule has 3 rings (SSSR count). The quantitative estimate of drug-likeness (QED) is 0.716. The van der Waals surface area contributed by atoms with Gasteiger partial charge in [0, 0.05) is 11.2 Å². The summed E-state index contributed by atoms with van der Waals surface area (Å²) in [5.74, 6) is 0.358. The van der Waals surface area contributed by atoms with Crippen molar-refractivity contribution >= 4 is 22.8 Å². The van der Waals surface area contributed by atoms with Crippen molar-refractivity contribution in [1.29, 1.82) is 0 Å². The largest absolute Gasteiger partial charge is 0.507 e. The van der Waals surface area contributed by atoms with Gasteiger partial charge >= 0.3 is 0 Å². The second-order valence-corrected chi connectivity index (χ2v) is 3.94. The molecule has 0 bridgehead atoms. The van der Waals surface area contributed by atoms with Crippen molar-refractivity contribution in [2.75, 3.05) is 0 Å². The van der Waals surface area contributed by atoms with Gasteiger partial charge in [-0.25, -0.2) is 4.98 Å². The molecule has 3 aromatic rings. The second-order valence-electron chi connectivity index (χ2n) is 3.51. The van der Waals surface area contributed by atoms with Gasteiger partial charge < -0.3 is 9.52 Å². The highest BCUT2D eigenvalue weighted by Gasteiger charge is 2.12. The van der Waals surface area contributed by atoms with E-state index in [1.807, 2.05) is 0 Å². The van der Waals surface area contributed by atoms with Crippen LogP contribution in [0.1, 0.15) is 0 Å². The predicted octanol–water partition coefficient (Wildman–Crippen LogP) is 3.25. The number of phenols is 1. The lowest BCUT2D eigenvalue weighted by atomic mass is 10.2. The maximum absolute atomic E-state index is 9.77. The number of hydrogen-bond acceptors (Lipinski definition) is 4. The molecule has 0 aliphatic rings. The maximum atomic E-state index is 9.77. The number of phenolic OH excluding ortho intramolecular Hbond substituents is 1. The fraction of sp³-hybridized carbons (Fsp3) is 0. The monoisotopic (exact) mass is 246 g/mol. The molecule has 4 nitrogen and oxygen atoms in total. The van der Waals surface area contributed by atoms with Crippen LogP contribution in [0.4, 0.5) is 0 Å². The lowest BCUT2D eigenvalue weighted by Crippen LogP contribution is -1.79. The van der Waals surface area contributed by atoms with Crippen LogP contribution in [0.3, 0.4) is 0 Å². The molecule has 2 aromatic heterocycles. The van der Waals surface area contributed by atoms with Crippen molar-refractivity contribution in [3.05, 3.63) is 41.6 Å². The first-order valence-corrected chi connectivity index (χ1v) is 5.32. The molecule has 5 heteroatoms. The molecule has 1 aromatic carbocycles. The first kappa shape index (κ1) is 10.1. The van der Waals surface area contributed by atoms with E-state index >= 15 is 0 Å². The summed E-state index contributed by atoms with van der Waals surface area (Å²) in [5, 5.41) is 10.2. The summed E-state index contributed by atoms with van der Waals surface area (Å²) in [5.41, 5.74) is 1.58. The summed E-state index contributed by atoms with van der Waals surface area (Å²) in [6, 6.07) is 8.30. The van der Waals surface area contributed by atoms with Gasteiger partial charge in [-0.05, 0) is 30.3 Å². The number of oxazole rings is 1. The Kier molecular flexibility index (Phi) is 2.23. The zero-order valence-corrected chi connectivity index (χ0v) is 9.35. The smallest absolute Gasteiger partial charge is 0.232 e. The van der Waals surface area contributed by atoms with Gasteiger partial charge in [0.2, 0.25) is 5.89 Å². The van der Waals surface area contributed by atoms with E-state index in [9.17, 15) is 5.11 Å². The molecule has 1 N–H and O–H groups in total. The number of aromatic nitrogens is 2. The number of aromatic hydroxyl groups is 1. The van der Waals surface area contributed by atoms with Crippen LogP contribution in [0.15, 0.2) is 40.9 Å². The van der Waals surface area contributed by atoms with E-state index in [4.69, 9.17) is 16.0 Å². The number of benzene rings is 1. The minimum absolute atomic E-state index is 0.0315. The third-order valence-corrected chi connectivity index (χ3v) is 2.59. The number of halogens is 1. The van der Waals surface area contributed by atoms with Crippen LogP contribution in [0, 0.1) is 0 Å². The van der Waals surface area contributed by atoms with E-state index in [0.29, 0.717) is 27.7 Å². The molecule has 0 unspecified atom stereocenters. The summed E-state index contributed by atoms with van der Waals surface area (Å²) in [7, 11) is 0. The Labute approximate surface area is 102 Å². The lowest BCUT2D eigenvalue weighted by molar-refractivity contribution is 0.474. The van der Waals surface area contributed by atoms with E-state index in [1.165, 1.54) is 6.07 Å². The van der Waals surface area contributed by atoms with Crippen molar-refractivity contribution in [2.24, 2.45) is 0 Å². The van der Waals surface area contributed by atoms with Crippen molar-refractivity contribution in [2.45, 2.75) is 0 Å². The molecule has 17 heavy (non-hydrogen) atoms. The minimum Gasteiger partial charge on any atom is -0.507 e. The normalized spacial score (nSPS) is 10.9. The van der Waals surface area contributed by atoms with Gasteiger partial charge in [-0.1, -0.05) is 11.6 Å². The third-order valence-electron chi connectivity index (χ3n) is 2.36. The van der Waals surface area contributed by atoms with Gasteiger partial charge in [0.25, 0.3) is 0 Å². The van der Waals surface area contributed by atoms with Crippen LogP contribution in [0.5, 0.6) is 5.75 Å². The first-order valence-electron chi connectivity index (χ1n) is 4.94. The maximum Gasteiger partial charge on any atom is 0.232 e. The molecule has 0 saturated heterocycles. The number of fused-ring (bicyclic) bond motifs is 1. The van der Waals surface area contributed by atoms with Crippen LogP contribution in [0.25, 0.3) is 22.7 Å². The standard InChI is InChI=1S/C12H7ClN2O2/c13-7-3-4-8(9(16)6-7)12-15-11-10(17-12)2-1-5-14-11/h1-6,16H. The molecule has 0 saturated carbocycles. The van der Waals surface area contributed by atoms with E-state index in [1.54, 1.807) is 30.5 Å². The van der Waals surface area contributed by atoms with E-state index < -0.39 is 0 Å². The summed E-state index contributed by atoms with van der Waals surface area (Å²) in [6.07, 6.45) is 1.64. The van der Waals surface area contributed by atoms with Crippen molar-refractivity contribution < 1.29 is 9.52 Å². The summed E-state index contributed by atoms with van der Waals surface area (Å²) in [4.78, 5) is 8.25. The summed E-state index contributed by atoms with van der Waals surface area (Å²) < 4.78 is 5.50. The first-order chi connectivity index (χ1) is 8.24. The van der Waals surface area contributed by atoms with Gasteiger partial charge in [-0.3, -0.25) is 0 Å². The Morgan fingerprint density at radius 1 is 1.24 bits per heavy atom. The molecule has 0 aliphatic heterocycles. The number of hydrogen-bond donors (Lipinski definition) is 1. The van der Waals surface area contributed by atoms with Crippen LogP contribution in [-0.2, 0) is 0 Å². The Morgan fingerprint density at radius 3 is 2.88 bits per heavy atom. The van der Waals surface area contributed by atoms with E-state index in [-0.39, 0.29) is 5.75 Å². The highest BCUT2D eigenvalue weighted by molar-refractivity contribution is 6.30. The lowest BCUT2D eigenvalue weighted by Gasteiger charge is -1.99. The fourth-order valence-corrected chi connectivity index (χ4v) is 1.74. The highest BCUT2D eigenvalue weighted by Crippen LogP contribution is 2.32. The highest BCUT2D eigenvalue weighted by atomic mass is 35.5. The van der Waals surface area contributed by atoms with Gasteiger partial charge in [-0.2, -0.15) is 4.98 Å². The van der Waals surface area contributed by atoms with Crippen LogP contribution >= 0.6 is 11.6 Å². The molecule has 84 valence electrons. The van der Waals surface area contributed by atoms with Crippen molar-refractivity contribution in [1.82, 2.24) is 9.97 Å². The zero-order chi connectivity index (χ0) is 11.8. The Balaban J connectivity index is 2.20. The Hall–Kier alpha value is -2.07. The van der Waals surface area contributed by atoms with Gasteiger partial charge in [0.05, 0.1) is 5.56 Å². The van der Waals surface area contributed by atoms with Crippen LogP contribution < -0.4 is 0 Å². The number of rotatable bonds is 1. The molecule has 0 fully saturated rings. The SMILES string of the molecule is Oc1cc(Cl)ccc1-c1nc2ncccc2o1. The minimum atomic E-state index is 0.0315. The number of pyridine rings is 1. The molecular formula is C12H7ClN2O2.